The first-order chi connectivity index (χ1) is 11.1. The molecule has 2 heterocycles. The maximum atomic E-state index is 12.6. The Hall–Kier alpha value is -0.860. The van der Waals surface area contributed by atoms with Gasteiger partial charge in [0.2, 0.25) is 5.91 Å². The molecule has 0 bridgehead atoms. The quantitative estimate of drug-likeness (QED) is 0.479. The summed E-state index contributed by atoms with van der Waals surface area (Å²) in [6.07, 6.45) is 2.02. The Morgan fingerprint density at radius 3 is 2.46 bits per heavy atom. The highest BCUT2D eigenvalue weighted by molar-refractivity contribution is 14.1. The second kappa shape index (κ2) is 7.58. The fourth-order valence-electron chi connectivity index (χ4n) is 3.40. The third-order valence-electron chi connectivity index (χ3n) is 4.56. The number of rotatable bonds is 2. The molecule has 0 saturated carbocycles. The van der Waals surface area contributed by atoms with Crippen LogP contribution >= 0.6 is 22.6 Å². The van der Waals surface area contributed by atoms with Gasteiger partial charge in [-0.3, -0.25) is 9.59 Å². The molecular formula is C17H27IN2O4. The Bertz CT molecular complexity index is 517. The lowest BCUT2D eigenvalue weighted by Gasteiger charge is -2.45. The number of alkyl halides is 1. The van der Waals surface area contributed by atoms with Crippen molar-refractivity contribution in [2.75, 3.05) is 19.6 Å². The minimum absolute atomic E-state index is 0.0409. The molecule has 2 saturated heterocycles. The van der Waals surface area contributed by atoms with E-state index in [-0.39, 0.29) is 33.7 Å². The number of likely N-dealkylation sites (tertiary alicyclic amines) is 2. The number of halogens is 1. The molecule has 2 rings (SSSR count). The number of Topliss-reactive ketones (excluding diaryl/α,β-unsaturated/α-hetero) is 1. The van der Waals surface area contributed by atoms with Crippen molar-refractivity contribution in [1.29, 1.82) is 0 Å². The molecule has 2 aliphatic rings. The van der Waals surface area contributed by atoms with Crippen LogP contribution in [0.3, 0.4) is 0 Å². The average molecular weight is 450 g/mol. The number of hydrogen-bond acceptors (Lipinski definition) is 4. The van der Waals surface area contributed by atoms with Gasteiger partial charge >= 0.3 is 6.09 Å². The fraction of sp³-hybridized carbons (Fsp3) is 0.824. The van der Waals surface area contributed by atoms with E-state index < -0.39 is 5.60 Å². The molecule has 0 radical (unpaired) electrons. The van der Waals surface area contributed by atoms with Crippen LogP contribution in [-0.4, -0.2) is 62.8 Å². The Morgan fingerprint density at radius 1 is 1.21 bits per heavy atom. The van der Waals surface area contributed by atoms with Crippen LogP contribution in [-0.2, 0) is 14.3 Å². The number of nitrogens with zero attached hydrogens (tertiary/aromatic N) is 2. The lowest BCUT2D eigenvalue weighted by Crippen LogP contribution is -2.60. The van der Waals surface area contributed by atoms with E-state index in [4.69, 9.17) is 4.74 Å². The molecule has 0 N–H and O–H groups in total. The van der Waals surface area contributed by atoms with Crippen LogP contribution < -0.4 is 0 Å². The van der Waals surface area contributed by atoms with Gasteiger partial charge in [0.15, 0.2) is 0 Å². The summed E-state index contributed by atoms with van der Waals surface area (Å²) in [7, 11) is 0. The predicted molar refractivity (Wildman–Crippen MR) is 99.1 cm³/mol. The summed E-state index contributed by atoms with van der Waals surface area (Å²) in [4.78, 5) is 40.5. The Balaban J connectivity index is 2.16. The van der Waals surface area contributed by atoms with E-state index in [1.54, 1.807) is 11.8 Å². The van der Waals surface area contributed by atoms with Gasteiger partial charge in [0.05, 0.1) is 9.97 Å². The fourth-order valence-corrected chi connectivity index (χ4v) is 4.20. The first kappa shape index (κ1) is 19.5. The van der Waals surface area contributed by atoms with E-state index in [1.165, 1.54) is 0 Å². The molecule has 1 unspecified atom stereocenters. The number of hydrogen-bond donors (Lipinski definition) is 0. The predicted octanol–water partition coefficient (Wildman–Crippen LogP) is 2.63. The summed E-state index contributed by atoms with van der Waals surface area (Å²) in [6.45, 7) is 8.60. The maximum absolute atomic E-state index is 12.6. The smallest absolute Gasteiger partial charge is 0.410 e. The highest BCUT2D eigenvalue weighted by atomic mass is 127. The van der Waals surface area contributed by atoms with E-state index in [0.29, 0.717) is 26.1 Å². The average Bonchev–Trinajstić information content (AvgIpc) is 2.47. The minimum atomic E-state index is -0.557. The lowest BCUT2D eigenvalue weighted by molar-refractivity contribution is -0.140. The molecule has 136 valence electrons. The van der Waals surface area contributed by atoms with Gasteiger partial charge in [-0.05, 0) is 47.0 Å². The van der Waals surface area contributed by atoms with Gasteiger partial charge in [0.1, 0.15) is 11.4 Å². The highest BCUT2D eigenvalue weighted by Crippen LogP contribution is 2.29. The normalized spacial score (nSPS) is 28.7. The van der Waals surface area contributed by atoms with Crippen LogP contribution in [0.5, 0.6) is 0 Å². The van der Waals surface area contributed by atoms with Gasteiger partial charge in [0.25, 0.3) is 0 Å². The van der Waals surface area contributed by atoms with E-state index in [2.05, 4.69) is 22.6 Å². The van der Waals surface area contributed by atoms with Crippen LogP contribution in [0, 0.1) is 5.92 Å². The number of carbonyl (C=O) groups is 3. The van der Waals surface area contributed by atoms with Crippen LogP contribution in [0.2, 0.25) is 0 Å². The summed E-state index contributed by atoms with van der Waals surface area (Å²) in [5, 5.41) is 0. The standard InChI is InChI=1S/C17H27IN2O4/c1-11(21)12-7-9-19(16(23)24-17(2,3)4)10-14(12)20-8-5-6-13(18)15(20)22/h12-14H,5-10H2,1-4H3/t12-,13?,14+/m1/s1. The summed E-state index contributed by atoms with van der Waals surface area (Å²) < 4.78 is 5.41. The van der Waals surface area contributed by atoms with E-state index in [0.717, 1.165) is 12.8 Å². The third kappa shape index (κ3) is 4.61. The molecule has 0 aliphatic carbocycles. The molecule has 2 amide bonds. The number of ether oxygens (including phenoxy) is 1. The second-order valence-electron chi connectivity index (χ2n) is 7.64. The van der Waals surface area contributed by atoms with E-state index in [1.807, 2.05) is 25.7 Å². The van der Waals surface area contributed by atoms with Crippen LogP contribution in [0.1, 0.15) is 47.0 Å². The van der Waals surface area contributed by atoms with Crippen LogP contribution in [0.25, 0.3) is 0 Å². The van der Waals surface area contributed by atoms with Crippen molar-refractivity contribution >= 4 is 40.4 Å². The summed E-state index contributed by atoms with van der Waals surface area (Å²) >= 11 is 2.17. The SMILES string of the molecule is CC(=O)[C@H]1CCN(C(=O)OC(C)(C)C)C[C@@H]1N1CCCC(I)C1=O. The third-order valence-corrected chi connectivity index (χ3v) is 5.72. The van der Waals surface area contributed by atoms with Crippen molar-refractivity contribution in [3.63, 3.8) is 0 Å². The van der Waals surface area contributed by atoms with E-state index >= 15 is 0 Å². The Labute approximate surface area is 157 Å². The van der Waals surface area contributed by atoms with E-state index in [9.17, 15) is 14.4 Å². The molecule has 6 nitrogen and oxygen atoms in total. The molecule has 2 fully saturated rings. The highest BCUT2D eigenvalue weighted by Gasteiger charge is 2.42. The lowest BCUT2D eigenvalue weighted by atomic mass is 9.86. The first-order valence-electron chi connectivity index (χ1n) is 8.53. The maximum Gasteiger partial charge on any atom is 0.410 e. The van der Waals surface area contributed by atoms with Gasteiger partial charge in [-0.25, -0.2) is 4.79 Å². The zero-order valence-corrected chi connectivity index (χ0v) is 17.0. The van der Waals surface area contributed by atoms with Crippen molar-refractivity contribution < 1.29 is 19.1 Å². The monoisotopic (exact) mass is 450 g/mol. The van der Waals surface area contributed by atoms with Crippen molar-refractivity contribution in [1.82, 2.24) is 9.80 Å². The zero-order chi connectivity index (χ0) is 18.1. The molecule has 0 spiro atoms. The van der Waals surface area contributed by atoms with Gasteiger partial charge in [-0.15, -0.1) is 0 Å². The van der Waals surface area contributed by atoms with Crippen LogP contribution in [0.4, 0.5) is 4.79 Å². The Kier molecular flexibility index (Phi) is 6.14. The molecule has 3 atom stereocenters. The van der Waals surface area contributed by atoms with Gasteiger partial charge in [-0.1, -0.05) is 22.6 Å². The Morgan fingerprint density at radius 2 is 1.88 bits per heavy atom. The number of ketones is 1. The second-order valence-corrected chi connectivity index (χ2v) is 9.14. The first-order valence-corrected chi connectivity index (χ1v) is 9.77. The van der Waals surface area contributed by atoms with Crippen LogP contribution in [0.15, 0.2) is 0 Å². The molecule has 0 aromatic heterocycles. The summed E-state index contributed by atoms with van der Waals surface area (Å²) in [5.74, 6) is -0.0225. The minimum Gasteiger partial charge on any atom is -0.444 e. The van der Waals surface area contributed by atoms with Crippen molar-refractivity contribution in [3.8, 4) is 0 Å². The van der Waals surface area contributed by atoms with Crippen molar-refractivity contribution in [3.05, 3.63) is 0 Å². The molecule has 0 aromatic carbocycles. The van der Waals surface area contributed by atoms with Gasteiger partial charge in [0, 0.05) is 25.6 Å². The summed E-state index contributed by atoms with van der Waals surface area (Å²) in [5.41, 5.74) is -0.557. The number of piperidine rings is 2. The number of carbonyl (C=O) groups excluding carboxylic acids is 3. The molecule has 0 aromatic rings. The van der Waals surface area contributed by atoms with Gasteiger partial charge in [-0.2, -0.15) is 0 Å². The largest absolute Gasteiger partial charge is 0.444 e. The number of amides is 2. The molecule has 2 aliphatic heterocycles. The molecule has 7 heteroatoms. The molecule has 24 heavy (non-hydrogen) atoms. The summed E-state index contributed by atoms with van der Waals surface area (Å²) in [6, 6.07) is -0.242. The van der Waals surface area contributed by atoms with Crippen molar-refractivity contribution in [2.45, 2.75) is 62.5 Å². The molecular weight excluding hydrogens is 423 g/mol. The zero-order valence-electron chi connectivity index (χ0n) is 14.9. The van der Waals surface area contributed by atoms with Crippen molar-refractivity contribution in [2.24, 2.45) is 5.92 Å². The van der Waals surface area contributed by atoms with Gasteiger partial charge < -0.3 is 14.5 Å². The topological polar surface area (TPSA) is 66.9 Å².